The highest BCUT2D eigenvalue weighted by Crippen LogP contribution is 2.14. The Morgan fingerprint density at radius 2 is 2.19 bits per heavy atom. The van der Waals surface area contributed by atoms with Gasteiger partial charge < -0.3 is 24.5 Å². The number of halogens is 1. The van der Waals surface area contributed by atoms with Crippen molar-refractivity contribution in [3.05, 3.63) is 24.2 Å². The molecule has 1 saturated heterocycles. The highest BCUT2D eigenvalue weighted by atomic mass is 127. The lowest BCUT2D eigenvalue weighted by molar-refractivity contribution is 0.0205. The molecular formula is C20H36IN3O3. The molecule has 0 aliphatic carbocycles. The van der Waals surface area contributed by atoms with E-state index >= 15 is 0 Å². The van der Waals surface area contributed by atoms with E-state index in [0.29, 0.717) is 12.0 Å². The minimum absolute atomic E-state index is 0. The Morgan fingerprint density at radius 1 is 1.37 bits per heavy atom. The minimum atomic E-state index is 0. The monoisotopic (exact) mass is 493 g/mol. The summed E-state index contributed by atoms with van der Waals surface area (Å²) in [6.45, 7) is 9.29. The molecule has 1 aliphatic rings. The zero-order valence-electron chi connectivity index (χ0n) is 16.7. The topological polar surface area (TPSA) is 68.0 Å². The van der Waals surface area contributed by atoms with Crippen molar-refractivity contribution in [1.29, 1.82) is 0 Å². The molecule has 156 valence electrons. The first kappa shape index (κ1) is 24.2. The number of furan rings is 1. The van der Waals surface area contributed by atoms with Gasteiger partial charge in [-0.15, -0.1) is 24.0 Å². The largest absolute Gasteiger partial charge is 0.469 e. The van der Waals surface area contributed by atoms with Crippen LogP contribution in [0.2, 0.25) is 0 Å². The Hall–Kier alpha value is -0.800. The molecule has 1 aromatic heterocycles. The first-order valence-electron chi connectivity index (χ1n) is 10.0. The van der Waals surface area contributed by atoms with Gasteiger partial charge in [0.05, 0.1) is 6.26 Å². The van der Waals surface area contributed by atoms with Crippen molar-refractivity contribution in [2.45, 2.75) is 52.0 Å². The molecular weight excluding hydrogens is 457 g/mol. The second kappa shape index (κ2) is 15.2. The molecule has 0 aromatic carbocycles. The van der Waals surface area contributed by atoms with Gasteiger partial charge >= 0.3 is 0 Å². The Bertz CT molecular complexity index is 491. The number of aliphatic imine (C=N–C) groups is 1. The van der Waals surface area contributed by atoms with Gasteiger partial charge in [-0.3, -0.25) is 4.99 Å². The molecule has 0 saturated carbocycles. The summed E-state index contributed by atoms with van der Waals surface area (Å²) in [5, 5.41) is 6.83. The number of ether oxygens (including phenoxy) is 2. The lowest BCUT2D eigenvalue weighted by atomic mass is 10.0. The number of hydrogen-bond acceptors (Lipinski definition) is 4. The molecule has 1 atom stereocenters. The first-order valence-corrected chi connectivity index (χ1v) is 10.0. The van der Waals surface area contributed by atoms with Gasteiger partial charge in [-0.2, -0.15) is 0 Å². The second-order valence-electron chi connectivity index (χ2n) is 6.92. The van der Waals surface area contributed by atoms with Gasteiger partial charge in [-0.25, -0.2) is 0 Å². The average molecular weight is 493 g/mol. The third kappa shape index (κ3) is 10.9. The van der Waals surface area contributed by atoms with Crippen LogP contribution in [0.15, 0.2) is 27.8 Å². The lowest BCUT2D eigenvalue weighted by Gasteiger charge is -2.21. The predicted octanol–water partition coefficient (Wildman–Crippen LogP) is 3.61. The minimum Gasteiger partial charge on any atom is -0.469 e. The Labute approximate surface area is 180 Å². The van der Waals surface area contributed by atoms with Crippen LogP contribution in [-0.2, 0) is 15.9 Å². The number of guanidine groups is 1. The van der Waals surface area contributed by atoms with Crippen LogP contribution in [-0.4, -0.2) is 51.5 Å². The number of nitrogens with zero attached hydrogens (tertiary/aromatic N) is 1. The fourth-order valence-corrected chi connectivity index (χ4v) is 2.77. The van der Waals surface area contributed by atoms with Crippen LogP contribution >= 0.6 is 24.0 Å². The van der Waals surface area contributed by atoms with Crippen molar-refractivity contribution in [1.82, 2.24) is 10.6 Å². The van der Waals surface area contributed by atoms with Gasteiger partial charge in [0.2, 0.25) is 0 Å². The molecule has 2 heterocycles. The highest BCUT2D eigenvalue weighted by molar-refractivity contribution is 14.0. The molecule has 2 rings (SSSR count). The van der Waals surface area contributed by atoms with E-state index in [0.717, 1.165) is 83.3 Å². The van der Waals surface area contributed by atoms with Crippen molar-refractivity contribution in [2.75, 3.05) is 39.5 Å². The number of hydrogen-bond donors (Lipinski definition) is 2. The van der Waals surface area contributed by atoms with E-state index in [4.69, 9.17) is 13.9 Å². The van der Waals surface area contributed by atoms with Crippen LogP contribution in [0, 0.1) is 5.92 Å². The van der Waals surface area contributed by atoms with Crippen molar-refractivity contribution in [3.63, 3.8) is 0 Å². The van der Waals surface area contributed by atoms with E-state index in [2.05, 4.69) is 29.5 Å². The molecule has 0 radical (unpaired) electrons. The van der Waals surface area contributed by atoms with Gasteiger partial charge in [0, 0.05) is 52.0 Å². The van der Waals surface area contributed by atoms with Crippen LogP contribution in [0.4, 0.5) is 0 Å². The molecule has 1 unspecified atom stereocenters. The summed E-state index contributed by atoms with van der Waals surface area (Å²) in [5.74, 6) is 2.52. The lowest BCUT2D eigenvalue weighted by Crippen LogP contribution is -2.42. The third-order valence-electron chi connectivity index (χ3n) is 4.65. The predicted molar refractivity (Wildman–Crippen MR) is 120 cm³/mol. The molecule has 1 fully saturated rings. The maximum absolute atomic E-state index is 5.81. The Balaban J connectivity index is 0.00000364. The zero-order chi connectivity index (χ0) is 18.5. The summed E-state index contributed by atoms with van der Waals surface area (Å²) in [6, 6.07) is 4.31. The summed E-state index contributed by atoms with van der Waals surface area (Å²) in [6.07, 6.45) is 6.81. The first-order chi connectivity index (χ1) is 12.8. The number of nitrogens with one attached hydrogen (secondary N) is 2. The maximum atomic E-state index is 5.81. The van der Waals surface area contributed by atoms with Crippen molar-refractivity contribution < 1.29 is 13.9 Å². The van der Waals surface area contributed by atoms with Crippen LogP contribution in [0.1, 0.15) is 45.3 Å². The van der Waals surface area contributed by atoms with E-state index in [-0.39, 0.29) is 24.0 Å². The SMILES string of the molecule is CCC(C)NC(=NCCCOCC1CCOCC1)NCCc1ccco1.I. The smallest absolute Gasteiger partial charge is 0.191 e. The summed E-state index contributed by atoms with van der Waals surface area (Å²) >= 11 is 0. The van der Waals surface area contributed by atoms with Crippen molar-refractivity contribution >= 4 is 29.9 Å². The van der Waals surface area contributed by atoms with Gasteiger partial charge in [0.15, 0.2) is 5.96 Å². The summed E-state index contributed by atoms with van der Waals surface area (Å²) < 4.78 is 16.6. The van der Waals surface area contributed by atoms with E-state index < -0.39 is 0 Å². The Kier molecular flexibility index (Phi) is 13.6. The molecule has 7 heteroatoms. The zero-order valence-corrected chi connectivity index (χ0v) is 19.1. The van der Waals surface area contributed by atoms with Crippen LogP contribution in [0.25, 0.3) is 0 Å². The van der Waals surface area contributed by atoms with Crippen LogP contribution in [0.3, 0.4) is 0 Å². The van der Waals surface area contributed by atoms with Gasteiger partial charge in [0.1, 0.15) is 5.76 Å². The molecule has 1 aliphatic heterocycles. The van der Waals surface area contributed by atoms with Crippen molar-refractivity contribution in [2.24, 2.45) is 10.9 Å². The van der Waals surface area contributed by atoms with Gasteiger partial charge in [-0.05, 0) is 50.7 Å². The van der Waals surface area contributed by atoms with E-state index in [1.165, 1.54) is 0 Å². The molecule has 0 amide bonds. The molecule has 1 aromatic rings. The Morgan fingerprint density at radius 3 is 2.89 bits per heavy atom. The van der Waals surface area contributed by atoms with Crippen LogP contribution < -0.4 is 10.6 Å². The fraction of sp³-hybridized carbons (Fsp3) is 0.750. The maximum Gasteiger partial charge on any atom is 0.191 e. The summed E-state index contributed by atoms with van der Waals surface area (Å²) in [4.78, 5) is 4.68. The van der Waals surface area contributed by atoms with Crippen molar-refractivity contribution in [3.8, 4) is 0 Å². The molecule has 27 heavy (non-hydrogen) atoms. The van der Waals surface area contributed by atoms with E-state index in [9.17, 15) is 0 Å². The normalized spacial score (nSPS) is 16.6. The molecule has 0 spiro atoms. The molecule has 2 N–H and O–H groups in total. The van der Waals surface area contributed by atoms with Gasteiger partial charge in [-0.1, -0.05) is 6.92 Å². The standard InChI is InChI=1S/C20H35N3O3.HI/c1-3-17(2)23-20(22-11-7-19-6-4-13-26-19)21-10-5-12-25-16-18-8-14-24-15-9-18;/h4,6,13,17-18H,3,5,7-12,14-16H2,1-2H3,(H2,21,22,23);1H. The van der Waals surface area contributed by atoms with Crippen LogP contribution in [0.5, 0.6) is 0 Å². The van der Waals surface area contributed by atoms with Gasteiger partial charge in [0.25, 0.3) is 0 Å². The highest BCUT2D eigenvalue weighted by Gasteiger charge is 2.13. The quantitative estimate of drug-likeness (QED) is 0.214. The second-order valence-corrected chi connectivity index (χ2v) is 6.92. The summed E-state index contributed by atoms with van der Waals surface area (Å²) in [5.41, 5.74) is 0. The third-order valence-corrected chi connectivity index (χ3v) is 4.65. The van der Waals surface area contributed by atoms with E-state index in [1.807, 2.05) is 12.1 Å². The molecule has 0 bridgehead atoms. The average Bonchev–Trinajstić information content (AvgIpc) is 3.18. The number of rotatable bonds is 11. The van der Waals surface area contributed by atoms with E-state index in [1.54, 1.807) is 6.26 Å². The fourth-order valence-electron chi connectivity index (χ4n) is 2.77. The molecule has 6 nitrogen and oxygen atoms in total. The summed E-state index contributed by atoms with van der Waals surface area (Å²) in [7, 11) is 0.